The zero-order valence-corrected chi connectivity index (χ0v) is 20.8. The molecule has 0 unspecified atom stereocenters. The van der Waals surface area contributed by atoms with E-state index >= 15 is 0 Å². The molecule has 3 nitrogen and oxygen atoms in total. The predicted molar refractivity (Wildman–Crippen MR) is 156 cm³/mol. The van der Waals surface area contributed by atoms with Crippen molar-refractivity contribution < 1.29 is 8.83 Å². The highest BCUT2D eigenvalue weighted by Crippen LogP contribution is 2.52. The van der Waals surface area contributed by atoms with Crippen molar-refractivity contribution in [3.8, 4) is 16.8 Å². The molecule has 0 bridgehead atoms. The number of benzene rings is 6. The third-order valence-electron chi connectivity index (χ3n) is 8.14. The van der Waals surface area contributed by atoms with Crippen molar-refractivity contribution in [2.24, 2.45) is 0 Å². The van der Waals surface area contributed by atoms with Crippen LogP contribution in [0, 0.1) is 0 Å². The molecule has 6 aromatic carbocycles. The molecule has 10 rings (SSSR count). The van der Waals surface area contributed by atoms with E-state index in [2.05, 4.69) is 108 Å². The highest BCUT2D eigenvalue weighted by atomic mass is 32.2. The van der Waals surface area contributed by atoms with Crippen LogP contribution in [0.2, 0.25) is 0 Å². The minimum Gasteiger partial charge on any atom is -0.456 e. The first-order chi connectivity index (χ1) is 18.8. The Balaban J connectivity index is 1.54. The average molecular weight is 504 g/mol. The SMILES string of the molecule is c1ccc(-c2cc3oc4ccc5oc6ccc7c8c6c5c4c3c(c2)n8-c2ccc3ccccc3c2S7)cc1. The van der Waals surface area contributed by atoms with Gasteiger partial charge in [0.15, 0.2) is 0 Å². The van der Waals surface area contributed by atoms with Gasteiger partial charge in [0.05, 0.1) is 27.5 Å². The molecule has 0 radical (unpaired) electrons. The minimum atomic E-state index is 0.894. The molecule has 0 saturated heterocycles. The number of furan rings is 2. The Kier molecular flexibility index (Phi) is 3.38. The van der Waals surface area contributed by atoms with E-state index in [0.717, 1.165) is 55.0 Å². The number of fused-ring (bicyclic) bond motifs is 5. The molecule has 0 spiro atoms. The molecule has 0 amide bonds. The summed E-state index contributed by atoms with van der Waals surface area (Å²) in [4.78, 5) is 2.51. The van der Waals surface area contributed by atoms with Gasteiger partial charge >= 0.3 is 0 Å². The molecular formula is C34H17NO2S. The standard InChI is InChI=1S/C34H17NO2S/c1-2-6-18(7-3-1)20-16-23-29-27(17-20)37-24-12-13-25-31(30(24)29)32-26(36-25)14-15-28-33(32)35(23)22-11-10-19-8-4-5-9-21(19)34(22)38-28/h1-17H. The normalized spacial score (nSPS) is 13.2. The predicted octanol–water partition coefficient (Wildman–Crippen LogP) is 10.2. The molecule has 38 heavy (non-hydrogen) atoms. The number of hydrogen-bond acceptors (Lipinski definition) is 3. The zero-order chi connectivity index (χ0) is 24.5. The summed E-state index contributed by atoms with van der Waals surface area (Å²) in [6.45, 7) is 0. The van der Waals surface area contributed by atoms with Crippen LogP contribution >= 0.6 is 11.8 Å². The van der Waals surface area contributed by atoms with Gasteiger partial charge in [-0.25, -0.2) is 0 Å². The Labute approximate surface area is 220 Å². The molecular weight excluding hydrogens is 486 g/mol. The molecule has 4 heteroatoms. The lowest BCUT2D eigenvalue weighted by Crippen LogP contribution is -2.04. The van der Waals surface area contributed by atoms with Crippen LogP contribution in [0.25, 0.3) is 82.5 Å². The van der Waals surface area contributed by atoms with Crippen molar-refractivity contribution in [1.82, 2.24) is 4.57 Å². The summed E-state index contributed by atoms with van der Waals surface area (Å²) < 4.78 is 15.5. The van der Waals surface area contributed by atoms with Crippen LogP contribution in [0.3, 0.4) is 0 Å². The molecule has 1 aliphatic heterocycles. The van der Waals surface area contributed by atoms with Crippen LogP contribution in [0.5, 0.6) is 0 Å². The van der Waals surface area contributed by atoms with E-state index in [4.69, 9.17) is 8.83 Å². The van der Waals surface area contributed by atoms with Crippen LogP contribution < -0.4 is 0 Å². The molecule has 9 aromatic rings. The lowest BCUT2D eigenvalue weighted by Gasteiger charge is -2.24. The average Bonchev–Trinajstić information content (AvgIpc) is 3.49. The summed E-state index contributed by atoms with van der Waals surface area (Å²) in [5, 5.41) is 7.11. The largest absolute Gasteiger partial charge is 0.456 e. The quantitative estimate of drug-likeness (QED) is 0.223. The van der Waals surface area contributed by atoms with Gasteiger partial charge in [-0.05, 0) is 64.4 Å². The van der Waals surface area contributed by atoms with Crippen molar-refractivity contribution in [3.63, 3.8) is 0 Å². The van der Waals surface area contributed by atoms with Gasteiger partial charge in [-0.1, -0.05) is 72.4 Å². The lowest BCUT2D eigenvalue weighted by molar-refractivity contribution is 0.663. The number of aromatic nitrogens is 1. The monoisotopic (exact) mass is 503 g/mol. The van der Waals surface area contributed by atoms with Crippen molar-refractivity contribution >= 4 is 77.4 Å². The molecule has 4 heterocycles. The Hall–Kier alpha value is -4.67. The van der Waals surface area contributed by atoms with Crippen LogP contribution in [-0.2, 0) is 0 Å². The lowest BCUT2D eigenvalue weighted by atomic mass is 10.0. The topological polar surface area (TPSA) is 31.2 Å². The molecule has 0 fully saturated rings. The smallest absolute Gasteiger partial charge is 0.138 e. The van der Waals surface area contributed by atoms with Crippen LogP contribution in [0.4, 0.5) is 0 Å². The Bertz CT molecular complexity index is 2420. The maximum Gasteiger partial charge on any atom is 0.138 e. The first kappa shape index (κ1) is 19.4. The first-order valence-corrected chi connectivity index (χ1v) is 13.6. The molecule has 0 atom stereocenters. The Morgan fingerprint density at radius 2 is 1.29 bits per heavy atom. The summed E-state index contributed by atoms with van der Waals surface area (Å²) in [6.07, 6.45) is 0. The molecule has 3 aromatic heterocycles. The van der Waals surface area contributed by atoms with E-state index in [1.807, 2.05) is 11.8 Å². The van der Waals surface area contributed by atoms with Gasteiger partial charge in [0.2, 0.25) is 0 Å². The fourth-order valence-electron chi connectivity index (χ4n) is 6.55. The van der Waals surface area contributed by atoms with Gasteiger partial charge in [-0.3, -0.25) is 0 Å². The zero-order valence-electron chi connectivity index (χ0n) is 20.0. The second-order valence-electron chi connectivity index (χ2n) is 10.1. The van der Waals surface area contributed by atoms with E-state index in [9.17, 15) is 0 Å². The summed E-state index contributed by atoms with van der Waals surface area (Å²) in [5.74, 6) is 0. The van der Waals surface area contributed by atoms with Crippen molar-refractivity contribution in [3.05, 3.63) is 103 Å². The summed E-state index contributed by atoms with van der Waals surface area (Å²) >= 11 is 1.86. The third kappa shape index (κ3) is 2.24. The van der Waals surface area contributed by atoms with E-state index in [1.165, 1.54) is 37.3 Å². The second-order valence-corrected chi connectivity index (χ2v) is 11.2. The van der Waals surface area contributed by atoms with Crippen LogP contribution in [-0.4, -0.2) is 4.57 Å². The third-order valence-corrected chi connectivity index (χ3v) is 9.32. The molecule has 0 saturated carbocycles. The van der Waals surface area contributed by atoms with Gasteiger partial charge in [0, 0.05) is 20.6 Å². The van der Waals surface area contributed by atoms with Crippen LogP contribution in [0.1, 0.15) is 0 Å². The maximum atomic E-state index is 6.58. The summed E-state index contributed by atoms with van der Waals surface area (Å²) in [5.41, 5.74) is 9.45. The van der Waals surface area contributed by atoms with Crippen LogP contribution in [0.15, 0.2) is 122 Å². The van der Waals surface area contributed by atoms with E-state index in [0.29, 0.717) is 0 Å². The minimum absolute atomic E-state index is 0.894. The highest BCUT2D eigenvalue weighted by molar-refractivity contribution is 8.00. The first-order valence-electron chi connectivity index (χ1n) is 12.8. The maximum absolute atomic E-state index is 6.58. The van der Waals surface area contributed by atoms with E-state index in [-0.39, 0.29) is 0 Å². The fraction of sp³-hybridized carbons (Fsp3) is 0. The highest BCUT2D eigenvalue weighted by Gasteiger charge is 2.29. The summed E-state index contributed by atoms with van der Waals surface area (Å²) in [7, 11) is 0. The van der Waals surface area contributed by atoms with Gasteiger partial charge in [0.1, 0.15) is 22.3 Å². The fourth-order valence-corrected chi connectivity index (χ4v) is 7.76. The van der Waals surface area contributed by atoms with Crippen molar-refractivity contribution in [1.29, 1.82) is 0 Å². The van der Waals surface area contributed by atoms with E-state index in [1.54, 1.807) is 0 Å². The molecule has 1 aliphatic rings. The van der Waals surface area contributed by atoms with E-state index < -0.39 is 0 Å². The molecule has 0 aliphatic carbocycles. The van der Waals surface area contributed by atoms with Gasteiger partial charge in [0.25, 0.3) is 0 Å². The number of nitrogens with zero attached hydrogens (tertiary/aromatic N) is 1. The Morgan fingerprint density at radius 3 is 2.18 bits per heavy atom. The second kappa shape index (κ2) is 6.60. The van der Waals surface area contributed by atoms with Gasteiger partial charge in [-0.15, -0.1) is 0 Å². The van der Waals surface area contributed by atoms with Crippen molar-refractivity contribution in [2.45, 2.75) is 9.79 Å². The van der Waals surface area contributed by atoms with Gasteiger partial charge in [-0.2, -0.15) is 0 Å². The molecule has 176 valence electrons. The Morgan fingerprint density at radius 1 is 0.553 bits per heavy atom. The molecule has 0 N–H and O–H groups in total. The van der Waals surface area contributed by atoms with Crippen molar-refractivity contribution in [2.75, 3.05) is 0 Å². The number of rotatable bonds is 1. The summed E-state index contributed by atoms with van der Waals surface area (Å²) in [6, 6.07) is 36.8. The van der Waals surface area contributed by atoms with Gasteiger partial charge < -0.3 is 13.4 Å². The number of hydrogen-bond donors (Lipinski definition) is 0.